The number of fused-ring (bicyclic) bond motifs is 6. The van der Waals surface area contributed by atoms with Gasteiger partial charge in [0.25, 0.3) is 0 Å². The summed E-state index contributed by atoms with van der Waals surface area (Å²) in [7, 11) is 1.71. The number of cyclic esters (lactones) is 1. The highest BCUT2D eigenvalue weighted by molar-refractivity contribution is 5.94. The van der Waals surface area contributed by atoms with Gasteiger partial charge in [0.05, 0.1) is 31.7 Å². The van der Waals surface area contributed by atoms with Crippen LogP contribution in [0.1, 0.15) is 92.0 Å². The molecule has 4 aliphatic rings. The minimum Gasteiger partial charge on any atom is -0.467 e. The Morgan fingerprint density at radius 3 is 2.57 bits per heavy atom. The van der Waals surface area contributed by atoms with Gasteiger partial charge in [-0.15, -0.1) is 0 Å². The van der Waals surface area contributed by atoms with Crippen LogP contribution in [-0.2, 0) is 49.2 Å². The lowest BCUT2D eigenvalue weighted by molar-refractivity contribution is -0.164. The van der Waals surface area contributed by atoms with E-state index in [9.17, 15) is 19.5 Å². The van der Waals surface area contributed by atoms with E-state index in [0.717, 1.165) is 30.5 Å². The van der Waals surface area contributed by atoms with Crippen molar-refractivity contribution in [3.63, 3.8) is 0 Å². The second-order valence-electron chi connectivity index (χ2n) is 16.0. The fourth-order valence-electron chi connectivity index (χ4n) is 7.46. The molecule has 7 atom stereocenters. The van der Waals surface area contributed by atoms with Crippen LogP contribution in [0.4, 0.5) is 0 Å². The second-order valence-corrected chi connectivity index (χ2v) is 16.0. The van der Waals surface area contributed by atoms with Gasteiger partial charge >= 0.3 is 17.9 Å². The fraction of sp³-hybridized carbons (Fsp3) is 0.659. The summed E-state index contributed by atoms with van der Waals surface area (Å²) < 4.78 is 35.7. The molecule has 4 bridgehead atoms. The summed E-state index contributed by atoms with van der Waals surface area (Å²) >= 11 is 0. The van der Waals surface area contributed by atoms with Gasteiger partial charge in [-0.25, -0.2) is 4.99 Å². The van der Waals surface area contributed by atoms with Crippen LogP contribution in [0.15, 0.2) is 51.6 Å². The number of nitrogens with zero attached hydrogens (tertiary/aromatic N) is 1. The molecule has 0 spiro atoms. The van der Waals surface area contributed by atoms with Gasteiger partial charge in [-0.1, -0.05) is 39.3 Å². The van der Waals surface area contributed by atoms with Gasteiger partial charge in [0, 0.05) is 25.8 Å². The van der Waals surface area contributed by atoms with Gasteiger partial charge in [0.15, 0.2) is 18.3 Å². The average molecular weight is 739 g/mol. The Bertz CT molecular complexity index is 1620. The van der Waals surface area contributed by atoms with Crippen molar-refractivity contribution in [2.75, 3.05) is 33.5 Å². The number of hydrogen-bond donors (Lipinski definition) is 2. The first-order valence-corrected chi connectivity index (χ1v) is 19.0. The number of carbonyl (C=O) groups is 3. The van der Waals surface area contributed by atoms with Crippen LogP contribution < -0.4 is 0 Å². The van der Waals surface area contributed by atoms with Gasteiger partial charge in [0.2, 0.25) is 5.90 Å². The number of aliphatic hydroxyl groups is 1. The Morgan fingerprint density at radius 2 is 1.87 bits per heavy atom. The lowest BCUT2D eigenvalue weighted by Gasteiger charge is -2.28. The van der Waals surface area contributed by atoms with Crippen molar-refractivity contribution in [1.29, 1.82) is 0 Å². The summed E-state index contributed by atoms with van der Waals surface area (Å²) in [5, 5.41) is 10.3. The third-order valence-corrected chi connectivity index (χ3v) is 10.6. The quantitative estimate of drug-likeness (QED) is 0.135. The van der Waals surface area contributed by atoms with E-state index in [4.69, 9.17) is 33.4 Å². The van der Waals surface area contributed by atoms with E-state index in [1.54, 1.807) is 14.0 Å². The SMILES string of the molecule is COCCC/C(C)=C1\CO[C@@H](CC(C)C)\C1=C/[C@H]1N=C2O[C@@H]1COC(=O)[C@@H](CC(C)C)CC(=O)O[C@H]1[C@@H](OC(=O)[C@]1(C)CO)/C(C)=C/Cc1ccc2[nH]1. The number of H-pyrrole nitrogens is 1. The van der Waals surface area contributed by atoms with Gasteiger partial charge < -0.3 is 38.5 Å². The van der Waals surface area contributed by atoms with Crippen molar-refractivity contribution < 1.29 is 47.9 Å². The van der Waals surface area contributed by atoms with E-state index in [-0.39, 0.29) is 25.0 Å². The Kier molecular flexibility index (Phi) is 13.4. The van der Waals surface area contributed by atoms with E-state index >= 15 is 0 Å². The highest BCUT2D eigenvalue weighted by Gasteiger charge is 2.57. The van der Waals surface area contributed by atoms with Gasteiger partial charge in [-0.3, -0.25) is 14.4 Å². The lowest BCUT2D eigenvalue weighted by Crippen LogP contribution is -2.43. The molecule has 0 saturated carbocycles. The number of hydrogen-bond acceptors (Lipinski definition) is 11. The fourth-order valence-corrected chi connectivity index (χ4v) is 7.46. The summed E-state index contributed by atoms with van der Waals surface area (Å²) in [6.07, 6.45) is 4.56. The number of aliphatic hydroxyl groups excluding tert-OH is 1. The number of esters is 3. The molecular formula is C41H58N2O10. The van der Waals surface area contributed by atoms with E-state index < -0.39 is 60.2 Å². The molecule has 2 saturated heterocycles. The van der Waals surface area contributed by atoms with Gasteiger partial charge in [-0.05, 0) is 93.2 Å². The maximum atomic E-state index is 13.8. The highest BCUT2D eigenvalue weighted by atomic mass is 16.6. The van der Waals surface area contributed by atoms with Crippen LogP contribution in [-0.4, -0.2) is 97.9 Å². The number of nitrogens with one attached hydrogen (secondary N) is 1. The molecule has 0 aromatic carbocycles. The van der Waals surface area contributed by atoms with Gasteiger partial charge in [0.1, 0.15) is 23.8 Å². The van der Waals surface area contributed by atoms with Crippen molar-refractivity contribution in [1.82, 2.24) is 4.98 Å². The predicted molar refractivity (Wildman–Crippen MR) is 198 cm³/mol. The largest absolute Gasteiger partial charge is 0.467 e. The van der Waals surface area contributed by atoms with Crippen molar-refractivity contribution in [3.05, 3.63) is 58.0 Å². The number of methoxy groups -OCH3 is 1. The van der Waals surface area contributed by atoms with Crippen LogP contribution >= 0.6 is 0 Å². The number of rotatable bonds is 10. The maximum Gasteiger partial charge on any atom is 0.318 e. The predicted octanol–water partition coefficient (Wildman–Crippen LogP) is 5.58. The van der Waals surface area contributed by atoms with E-state index in [1.807, 2.05) is 32.1 Å². The van der Waals surface area contributed by atoms with Crippen LogP contribution in [0.2, 0.25) is 0 Å². The molecular weight excluding hydrogens is 680 g/mol. The molecule has 4 aliphatic heterocycles. The molecule has 12 heteroatoms. The number of aliphatic imine (C=N–C) groups is 1. The zero-order valence-electron chi connectivity index (χ0n) is 32.6. The molecule has 5 rings (SSSR count). The van der Waals surface area contributed by atoms with Crippen molar-refractivity contribution in [2.45, 2.75) is 117 Å². The Morgan fingerprint density at radius 1 is 1.11 bits per heavy atom. The Balaban J connectivity index is 1.52. The molecule has 292 valence electrons. The normalized spacial score (nSPS) is 32.4. The zero-order valence-corrected chi connectivity index (χ0v) is 32.6. The molecule has 1 aromatic rings. The molecule has 0 radical (unpaired) electrons. The molecule has 2 fully saturated rings. The molecule has 5 heterocycles. The van der Waals surface area contributed by atoms with Crippen molar-refractivity contribution in [3.8, 4) is 0 Å². The standard InChI is InChI=1S/C41H58N2O10/c1-23(2)16-27-18-35(45)52-37-36(53-40(47)41(37,7)22-44)26(6)11-12-28-13-14-31(42-28)38-43-32(34(51-38)21-50-39(27)46)19-29-30(25(5)10-9-15-48-8)20-49-33(29)17-24(3)4/h11,13-14,19,23-24,27,32-34,36-37,42,44H,9-10,12,15-18,20-22H2,1-8H3/b26-11+,29-19-,30-25+/t27-,32+,33-,34+,36-,37-,41+/m0/s1. The molecule has 0 aliphatic carbocycles. The smallest absolute Gasteiger partial charge is 0.318 e. The van der Waals surface area contributed by atoms with Crippen molar-refractivity contribution in [2.24, 2.45) is 28.2 Å². The number of aromatic amines is 1. The van der Waals surface area contributed by atoms with Crippen LogP contribution in [0, 0.1) is 23.2 Å². The van der Waals surface area contributed by atoms with E-state index in [1.165, 1.54) is 18.1 Å². The molecule has 0 unspecified atom stereocenters. The number of aromatic nitrogens is 1. The third-order valence-electron chi connectivity index (χ3n) is 10.6. The first-order valence-electron chi connectivity index (χ1n) is 19.0. The minimum atomic E-state index is -1.46. The molecule has 1 aromatic heterocycles. The number of carbonyl (C=O) groups excluding carboxylic acids is 3. The summed E-state index contributed by atoms with van der Waals surface area (Å²) in [6.45, 7) is 14.3. The topological polar surface area (TPSA) is 155 Å². The van der Waals surface area contributed by atoms with Crippen molar-refractivity contribution >= 4 is 23.8 Å². The maximum absolute atomic E-state index is 13.8. The van der Waals surface area contributed by atoms with Crippen LogP contribution in [0.3, 0.4) is 0 Å². The molecule has 12 nitrogen and oxygen atoms in total. The summed E-state index contributed by atoms with van der Waals surface area (Å²) in [4.78, 5) is 48.7. The molecule has 0 amide bonds. The first kappa shape index (κ1) is 40.4. The summed E-state index contributed by atoms with van der Waals surface area (Å²) in [5.41, 5.74) is 4.26. The van der Waals surface area contributed by atoms with Crippen LogP contribution in [0.5, 0.6) is 0 Å². The van der Waals surface area contributed by atoms with E-state index in [0.29, 0.717) is 49.1 Å². The summed E-state index contributed by atoms with van der Waals surface area (Å²) in [5.74, 6) is -1.78. The minimum absolute atomic E-state index is 0.0741. The molecule has 2 N–H and O–H groups in total. The molecule has 53 heavy (non-hydrogen) atoms. The number of allylic oxidation sites excluding steroid dienone is 2. The third kappa shape index (κ3) is 9.50. The zero-order chi connectivity index (χ0) is 38.4. The number of ether oxygens (including phenoxy) is 6. The monoisotopic (exact) mass is 738 g/mol. The first-order chi connectivity index (χ1) is 25.2. The van der Waals surface area contributed by atoms with E-state index in [2.05, 4.69) is 31.8 Å². The van der Waals surface area contributed by atoms with Gasteiger partial charge in [-0.2, -0.15) is 0 Å². The second kappa shape index (κ2) is 17.6. The highest BCUT2D eigenvalue weighted by Crippen LogP contribution is 2.40. The lowest BCUT2D eigenvalue weighted by atomic mass is 9.83. The van der Waals surface area contributed by atoms with Crippen LogP contribution in [0.25, 0.3) is 0 Å². The summed E-state index contributed by atoms with van der Waals surface area (Å²) in [6, 6.07) is 3.36. The average Bonchev–Trinajstić information content (AvgIpc) is 3.89. The Hall–Kier alpha value is -3.74. The Labute approximate surface area is 313 Å².